The summed E-state index contributed by atoms with van der Waals surface area (Å²) in [7, 11) is 1.36. The maximum atomic E-state index is 13.5. The third kappa shape index (κ3) is 3.21. The van der Waals surface area contributed by atoms with Crippen molar-refractivity contribution >= 4 is 22.5 Å². The van der Waals surface area contributed by atoms with Gasteiger partial charge in [-0.05, 0) is 12.1 Å². The molecule has 3 aromatic rings. The van der Waals surface area contributed by atoms with Gasteiger partial charge >= 0.3 is 0 Å². The number of nitrogens with zero attached hydrogens (tertiary/aromatic N) is 3. The number of alkyl halides is 3. The molecule has 0 N–H and O–H groups in total. The van der Waals surface area contributed by atoms with Crippen LogP contribution in [0.15, 0.2) is 30.6 Å². The van der Waals surface area contributed by atoms with Crippen LogP contribution in [0.25, 0.3) is 16.9 Å². The molecule has 5 nitrogen and oxygen atoms in total. The summed E-state index contributed by atoms with van der Waals surface area (Å²) in [6, 6.07) is 4.71. The first-order valence-corrected chi connectivity index (χ1v) is 7.62. The summed E-state index contributed by atoms with van der Waals surface area (Å²) in [5.41, 5.74) is -0.0912. The van der Waals surface area contributed by atoms with E-state index >= 15 is 0 Å². The Kier molecular flexibility index (Phi) is 4.98. The quantitative estimate of drug-likeness (QED) is 0.645. The maximum absolute atomic E-state index is 13.5. The highest BCUT2D eigenvalue weighted by Gasteiger charge is 2.21. The Morgan fingerprint density at radius 2 is 2.08 bits per heavy atom. The second-order valence-corrected chi connectivity index (χ2v) is 5.37. The summed E-state index contributed by atoms with van der Waals surface area (Å²) in [5.74, 6) is 0.331. The summed E-state index contributed by atoms with van der Waals surface area (Å²) in [6.07, 6.45) is 0.0952. The van der Waals surface area contributed by atoms with Gasteiger partial charge in [0.05, 0.1) is 29.4 Å². The molecule has 1 aromatic carbocycles. The Labute approximate surface area is 146 Å². The van der Waals surface area contributed by atoms with Gasteiger partial charge in [-0.2, -0.15) is 4.98 Å². The number of benzene rings is 1. The van der Waals surface area contributed by atoms with Gasteiger partial charge in [-0.15, -0.1) is 0 Å². The van der Waals surface area contributed by atoms with Gasteiger partial charge in [0.15, 0.2) is 5.75 Å². The molecule has 0 aliphatic carbocycles. The lowest BCUT2D eigenvalue weighted by Crippen LogP contribution is -2.07. The number of halogens is 4. The van der Waals surface area contributed by atoms with Crippen molar-refractivity contribution in [2.24, 2.45) is 0 Å². The van der Waals surface area contributed by atoms with Crippen LogP contribution in [0.5, 0.6) is 11.6 Å². The number of hydrogen-bond acceptors (Lipinski definition) is 4. The zero-order valence-electron chi connectivity index (χ0n) is 13.0. The molecule has 9 heteroatoms. The molecule has 0 saturated carbocycles. The third-order valence-electron chi connectivity index (χ3n) is 3.51. The van der Waals surface area contributed by atoms with Crippen LogP contribution in [0.1, 0.15) is 12.0 Å². The van der Waals surface area contributed by atoms with E-state index in [4.69, 9.17) is 21.1 Å². The zero-order valence-corrected chi connectivity index (χ0v) is 13.8. The molecule has 0 spiro atoms. The van der Waals surface area contributed by atoms with E-state index in [0.717, 1.165) is 0 Å². The first-order valence-electron chi connectivity index (χ1n) is 7.24. The minimum absolute atomic E-state index is 0.0442. The monoisotopic (exact) mass is 371 g/mol. The second-order valence-electron chi connectivity index (χ2n) is 4.97. The number of ether oxygens (including phenoxy) is 2. The van der Waals surface area contributed by atoms with E-state index < -0.39 is 13.1 Å². The average Bonchev–Trinajstić information content (AvgIpc) is 3.03. The van der Waals surface area contributed by atoms with E-state index in [2.05, 4.69) is 9.97 Å². The Hall–Kier alpha value is -2.48. The van der Waals surface area contributed by atoms with Crippen molar-refractivity contribution in [3.8, 4) is 17.6 Å². The standard InChI is InChI=1S/C16H13ClF3N3O2/c1-24-15-11(25-7-5-18)8-21-16(22-15)23-6-4-9-2-3-10(17)12(13(9)23)14(19)20/h2-4,6,8,14H,5,7H2,1H3. The summed E-state index contributed by atoms with van der Waals surface area (Å²) < 4.78 is 50.8. The molecule has 0 bridgehead atoms. The number of fused-ring (bicyclic) bond motifs is 1. The van der Waals surface area contributed by atoms with Crippen LogP contribution in [-0.4, -0.2) is 34.9 Å². The maximum Gasteiger partial charge on any atom is 0.267 e. The zero-order chi connectivity index (χ0) is 18.0. The lowest BCUT2D eigenvalue weighted by atomic mass is 10.1. The lowest BCUT2D eigenvalue weighted by Gasteiger charge is -2.12. The molecule has 0 aliphatic rings. The highest BCUT2D eigenvalue weighted by Crippen LogP contribution is 2.36. The van der Waals surface area contributed by atoms with E-state index in [9.17, 15) is 13.2 Å². The second kappa shape index (κ2) is 7.18. The topological polar surface area (TPSA) is 49.2 Å². The molecule has 0 saturated heterocycles. The highest BCUT2D eigenvalue weighted by atomic mass is 35.5. The molecule has 2 aromatic heterocycles. The van der Waals surface area contributed by atoms with Crippen LogP contribution in [0, 0.1) is 0 Å². The fourth-order valence-electron chi connectivity index (χ4n) is 2.46. The van der Waals surface area contributed by atoms with Crippen molar-refractivity contribution in [1.29, 1.82) is 0 Å². The molecule has 0 radical (unpaired) electrons. The largest absolute Gasteiger partial charge is 0.484 e. The van der Waals surface area contributed by atoms with Crippen molar-refractivity contribution in [2.75, 3.05) is 20.4 Å². The van der Waals surface area contributed by atoms with Gasteiger partial charge in [-0.3, -0.25) is 4.57 Å². The number of rotatable bonds is 6. The summed E-state index contributed by atoms with van der Waals surface area (Å²) in [4.78, 5) is 8.26. The molecule has 0 amide bonds. The minimum Gasteiger partial charge on any atom is -0.484 e. The molecular weight excluding hydrogens is 359 g/mol. The fraction of sp³-hybridized carbons (Fsp3) is 0.250. The fourth-order valence-corrected chi connectivity index (χ4v) is 2.70. The van der Waals surface area contributed by atoms with Gasteiger partial charge in [0.2, 0.25) is 5.95 Å². The molecule has 25 heavy (non-hydrogen) atoms. The minimum atomic E-state index is -2.76. The van der Waals surface area contributed by atoms with Gasteiger partial charge in [0, 0.05) is 11.6 Å². The van der Waals surface area contributed by atoms with E-state index in [1.165, 1.54) is 23.9 Å². The Balaban J connectivity index is 2.15. The van der Waals surface area contributed by atoms with Crippen LogP contribution in [0.3, 0.4) is 0 Å². The summed E-state index contributed by atoms with van der Waals surface area (Å²) >= 11 is 5.94. The molecular formula is C16H13ClF3N3O2. The number of aromatic nitrogens is 3. The lowest BCUT2D eigenvalue weighted by molar-refractivity contribution is 0.153. The molecule has 0 aliphatic heterocycles. The van der Waals surface area contributed by atoms with E-state index in [1.54, 1.807) is 18.3 Å². The van der Waals surface area contributed by atoms with Crippen LogP contribution < -0.4 is 9.47 Å². The highest BCUT2D eigenvalue weighted by molar-refractivity contribution is 6.32. The van der Waals surface area contributed by atoms with Gasteiger partial charge in [-0.25, -0.2) is 18.2 Å². The van der Waals surface area contributed by atoms with E-state index in [-0.39, 0.29) is 40.3 Å². The number of hydrogen-bond donors (Lipinski definition) is 0. The Bertz CT molecular complexity index is 902. The first kappa shape index (κ1) is 17.3. The summed E-state index contributed by atoms with van der Waals surface area (Å²) in [5, 5.41) is 0.525. The van der Waals surface area contributed by atoms with Crippen LogP contribution in [-0.2, 0) is 0 Å². The average molecular weight is 372 g/mol. The molecule has 0 fully saturated rings. The number of methoxy groups -OCH3 is 1. The van der Waals surface area contributed by atoms with Gasteiger partial charge in [-0.1, -0.05) is 17.7 Å². The van der Waals surface area contributed by atoms with Crippen LogP contribution in [0.2, 0.25) is 5.02 Å². The normalized spacial score (nSPS) is 11.3. The molecule has 0 unspecified atom stereocenters. The van der Waals surface area contributed by atoms with Crippen LogP contribution >= 0.6 is 11.6 Å². The van der Waals surface area contributed by atoms with Crippen molar-refractivity contribution in [2.45, 2.75) is 6.43 Å². The predicted molar refractivity (Wildman–Crippen MR) is 86.9 cm³/mol. The molecule has 0 atom stereocenters. The Morgan fingerprint density at radius 3 is 2.76 bits per heavy atom. The van der Waals surface area contributed by atoms with Crippen molar-refractivity contribution < 1.29 is 22.6 Å². The van der Waals surface area contributed by atoms with Gasteiger partial charge < -0.3 is 9.47 Å². The smallest absolute Gasteiger partial charge is 0.267 e. The van der Waals surface area contributed by atoms with Gasteiger partial charge in [0.25, 0.3) is 12.3 Å². The molecule has 132 valence electrons. The first-order chi connectivity index (χ1) is 12.1. The van der Waals surface area contributed by atoms with Crippen molar-refractivity contribution in [3.05, 3.63) is 41.2 Å². The predicted octanol–water partition coefficient (Wildman–Crippen LogP) is 4.37. The van der Waals surface area contributed by atoms with Crippen molar-refractivity contribution in [3.63, 3.8) is 0 Å². The van der Waals surface area contributed by atoms with Crippen LogP contribution in [0.4, 0.5) is 13.2 Å². The third-order valence-corrected chi connectivity index (χ3v) is 3.84. The van der Waals surface area contributed by atoms with Crippen molar-refractivity contribution in [1.82, 2.24) is 14.5 Å². The van der Waals surface area contributed by atoms with E-state index in [0.29, 0.717) is 5.39 Å². The van der Waals surface area contributed by atoms with E-state index in [1.807, 2.05) is 0 Å². The Morgan fingerprint density at radius 1 is 1.28 bits per heavy atom. The van der Waals surface area contributed by atoms with Gasteiger partial charge in [0.1, 0.15) is 13.3 Å². The molecule has 3 rings (SSSR count). The SMILES string of the molecule is COc1nc(-n2ccc3ccc(Cl)c(C(F)F)c32)ncc1OCCF. The molecule has 2 heterocycles. The summed E-state index contributed by atoms with van der Waals surface area (Å²) in [6.45, 7) is -0.847.